The Kier molecular flexibility index (Phi) is 3.07. The average Bonchev–Trinajstić information content (AvgIpc) is 2.40. The van der Waals surface area contributed by atoms with E-state index in [1.54, 1.807) is 0 Å². The van der Waals surface area contributed by atoms with E-state index in [4.69, 9.17) is 0 Å². The first kappa shape index (κ1) is 13.4. The second kappa shape index (κ2) is 4.58. The minimum atomic E-state index is -0.655. The molecule has 6 N–H and O–H groups in total. The number of rotatable bonds is 2. The van der Waals surface area contributed by atoms with Gasteiger partial charge >= 0.3 is 0 Å². The van der Waals surface area contributed by atoms with E-state index in [0.717, 1.165) is 0 Å². The smallest absolute Gasteiger partial charge is 0.200 e. The van der Waals surface area contributed by atoms with Gasteiger partial charge in [0.1, 0.15) is 0 Å². The zero-order valence-electron chi connectivity index (χ0n) is 10.2. The van der Waals surface area contributed by atoms with Crippen molar-refractivity contribution in [3.8, 4) is 34.5 Å². The van der Waals surface area contributed by atoms with E-state index in [-0.39, 0.29) is 16.7 Å². The van der Waals surface area contributed by atoms with Crippen molar-refractivity contribution in [1.29, 1.82) is 0 Å². The highest BCUT2D eigenvalue weighted by atomic mass is 16.3. The molecule has 2 rings (SSSR count). The Bertz CT molecular complexity index is 599. The van der Waals surface area contributed by atoms with Crippen molar-refractivity contribution < 1.29 is 30.6 Å². The zero-order chi connectivity index (χ0) is 15.0. The monoisotopic (exact) mass is 276 g/mol. The van der Waals surface area contributed by atoms with Crippen LogP contribution in [0.25, 0.3) is 5.57 Å². The number of hydrogen-bond donors (Lipinski definition) is 6. The highest BCUT2D eigenvalue weighted by molar-refractivity contribution is 5.82. The molecule has 0 spiro atoms. The van der Waals surface area contributed by atoms with Crippen LogP contribution in [-0.2, 0) is 0 Å². The summed E-state index contributed by atoms with van der Waals surface area (Å²) in [6.07, 6.45) is 0. The number of phenols is 6. The summed E-state index contributed by atoms with van der Waals surface area (Å²) < 4.78 is 0. The maximum atomic E-state index is 9.44. The summed E-state index contributed by atoms with van der Waals surface area (Å²) in [7, 11) is 0. The molecule has 6 nitrogen and oxygen atoms in total. The molecule has 0 unspecified atom stereocenters. The third kappa shape index (κ3) is 2.14. The van der Waals surface area contributed by atoms with E-state index in [2.05, 4.69) is 6.58 Å². The van der Waals surface area contributed by atoms with E-state index < -0.39 is 34.5 Å². The Labute approximate surface area is 113 Å². The molecule has 104 valence electrons. The molecule has 0 aliphatic heterocycles. The third-order valence-electron chi connectivity index (χ3n) is 2.84. The average molecular weight is 276 g/mol. The van der Waals surface area contributed by atoms with Crippen LogP contribution in [-0.4, -0.2) is 30.6 Å². The van der Waals surface area contributed by atoms with Gasteiger partial charge in [0.2, 0.25) is 0 Å². The molecular formula is C14H12O6. The van der Waals surface area contributed by atoms with Crippen LogP contribution in [0, 0.1) is 0 Å². The molecule has 0 saturated heterocycles. The number of aromatic hydroxyl groups is 6. The Morgan fingerprint density at radius 1 is 0.600 bits per heavy atom. The molecule has 0 heterocycles. The lowest BCUT2D eigenvalue weighted by atomic mass is 9.98. The maximum Gasteiger partial charge on any atom is 0.200 e. The maximum absolute atomic E-state index is 9.44. The molecular weight excluding hydrogens is 264 g/mol. The van der Waals surface area contributed by atoms with Gasteiger partial charge in [-0.3, -0.25) is 0 Å². The van der Waals surface area contributed by atoms with Crippen LogP contribution in [0.4, 0.5) is 0 Å². The summed E-state index contributed by atoms with van der Waals surface area (Å²) in [5.41, 5.74) is 0.783. The van der Waals surface area contributed by atoms with Crippen LogP contribution >= 0.6 is 0 Å². The summed E-state index contributed by atoms with van der Waals surface area (Å²) in [4.78, 5) is 0. The van der Waals surface area contributed by atoms with Crippen molar-refractivity contribution in [3.05, 3.63) is 42.0 Å². The topological polar surface area (TPSA) is 121 Å². The van der Waals surface area contributed by atoms with Crippen molar-refractivity contribution in [2.24, 2.45) is 0 Å². The Morgan fingerprint density at radius 2 is 0.850 bits per heavy atom. The summed E-state index contributed by atoms with van der Waals surface area (Å²) in [6, 6.07) is 4.66. The number of phenolic OH excluding ortho intramolecular Hbond substituents is 6. The van der Waals surface area contributed by atoms with Crippen LogP contribution in [0.5, 0.6) is 34.5 Å². The molecule has 0 aliphatic rings. The minimum absolute atomic E-state index is 0.251. The largest absolute Gasteiger partial charge is 0.504 e. The number of hydrogen-bond acceptors (Lipinski definition) is 6. The van der Waals surface area contributed by atoms with Gasteiger partial charge in [0.15, 0.2) is 34.5 Å². The molecule has 20 heavy (non-hydrogen) atoms. The van der Waals surface area contributed by atoms with Crippen LogP contribution in [0.3, 0.4) is 0 Å². The molecule has 0 aliphatic carbocycles. The van der Waals surface area contributed by atoms with E-state index in [0.29, 0.717) is 0 Å². The Morgan fingerprint density at radius 3 is 1.10 bits per heavy atom. The highest BCUT2D eigenvalue weighted by Gasteiger charge is 2.14. The van der Waals surface area contributed by atoms with E-state index in [9.17, 15) is 30.6 Å². The molecule has 0 fully saturated rings. The number of benzene rings is 2. The molecule has 0 amide bonds. The van der Waals surface area contributed by atoms with Gasteiger partial charge in [-0.1, -0.05) is 6.58 Å². The standard InChI is InChI=1S/C14H12O6/c1-6(7-2-9(15)13(19)10(16)3-7)8-4-11(17)14(20)12(18)5-8/h2-5,15-20H,1H2. The summed E-state index contributed by atoms with van der Waals surface area (Å²) >= 11 is 0. The summed E-state index contributed by atoms with van der Waals surface area (Å²) in [5, 5.41) is 56.3. The van der Waals surface area contributed by atoms with Gasteiger partial charge < -0.3 is 30.6 Å². The quantitative estimate of drug-likeness (QED) is 0.466. The highest BCUT2D eigenvalue weighted by Crippen LogP contribution is 2.41. The van der Waals surface area contributed by atoms with Crippen molar-refractivity contribution >= 4 is 5.57 Å². The minimum Gasteiger partial charge on any atom is -0.504 e. The SMILES string of the molecule is C=C(c1cc(O)c(O)c(O)c1)c1cc(O)c(O)c(O)c1. The molecule has 0 aromatic heterocycles. The second-order valence-corrected chi connectivity index (χ2v) is 4.20. The van der Waals surface area contributed by atoms with Gasteiger partial charge in [-0.25, -0.2) is 0 Å². The first-order chi connectivity index (χ1) is 9.31. The van der Waals surface area contributed by atoms with Gasteiger partial charge in [0.25, 0.3) is 0 Å². The first-order valence-corrected chi connectivity index (χ1v) is 5.50. The van der Waals surface area contributed by atoms with E-state index >= 15 is 0 Å². The zero-order valence-corrected chi connectivity index (χ0v) is 10.2. The van der Waals surface area contributed by atoms with Crippen molar-refractivity contribution in [2.75, 3.05) is 0 Å². The molecule has 2 aromatic rings. The van der Waals surface area contributed by atoms with E-state index in [1.165, 1.54) is 24.3 Å². The molecule has 0 radical (unpaired) electrons. The van der Waals surface area contributed by atoms with Crippen molar-refractivity contribution in [2.45, 2.75) is 0 Å². The van der Waals surface area contributed by atoms with Gasteiger partial charge in [-0.2, -0.15) is 0 Å². The van der Waals surface area contributed by atoms with Gasteiger partial charge in [0.05, 0.1) is 0 Å². The predicted octanol–water partition coefficient (Wildman–Crippen LogP) is 1.98. The Hall–Kier alpha value is -3.02. The lowest BCUT2D eigenvalue weighted by Crippen LogP contribution is -1.87. The fourth-order valence-electron chi connectivity index (χ4n) is 1.72. The fourth-order valence-corrected chi connectivity index (χ4v) is 1.72. The molecule has 0 saturated carbocycles. The van der Waals surface area contributed by atoms with Crippen molar-refractivity contribution in [3.63, 3.8) is 0 Å². The van der Waals surface area contributed by atoms with E-state index in [1.807, 2.05) is 0 Å². The fraction of sp³-hybridized carbons (Fsp3) is 0. The van der Waals surface area contributed by atoms with Crippen LogP contribution in [0.2, 0.25) is 0 Å². The molecule has 0 bridgehead atoms. The third-order valence-corrected chi connectivity index (χ3v) is 2.84. The lowest BCUT2D eigenvalue weighted by Gasteiger charge is -2.11. The predicted molar refractivity (Wildman–Crippen MR) is 71.0 cm³/mol. The molecule has 6 heteroatoms. The van der Waals surface area contributed by atoms with Crippen LogP contribution < -0.4 is 0 Å². The van der Waals surface area contributed by atoms with Gasteiger partial charge in [-0.05, 0) is 41.0 Å². The second-order valence-electron chi connectivity index (χ2n) is 4.20. The Balaban J connectivity index is 2.52. The van der Waals surface area contributed by atoms with Gasteiger partial charge in [-0.15, -0.1) is 0 Å². The lowest BCUT2D eigenvalue weighted by molar-refractivity contribution is 0.367. The van der Waals surface area contributed by atoms with Crippen LogP contribution in [0.1, 0.15) is 11.1 Å². The summed E-state index contributed by atoms with van der Waals surface area (Å²) in [5.74, 6) is -3.45. The first-order valence-electron chi connectivity index (χ1n) is 5.50. The van der Waals surface area contributed by atoms with Gasteiger partial charge in [0, 0.05) is 0 Å². The van der Waals surface area contributed by atoms with Crippen molar-refractivity contribution in [1.82, 2.24) is 0 Å². The molecule has 0 atom stereocenters. The normalized spacial score (nSPS) is 10.4. The molecule has 2 aromatic carbocycles. The summed E-state index contributed by atoms with van der Waals surface area (Å²) in [6.45, 7) is 3.71. The van der Waals surface area contributed by atoms with Crippen LogP contribution in [0.15, 0.2) is 30.8 Å².